The van der Waals surface area contributed by atoms with E-state index in [1.807, 2.05) is 0 Å². The molecule has 180 valence electrons. The molecule has 0 unspecified atom stereocenters. The van der Waals surface area contributed by atoms with Crippen molar-refractivity contribution in [2.45, 2.75) is 6.18 Å². The number of hydrogen-bond donors (Lipinski definition) is 0. The highest BCUT2D eigenvalue weighted by Crippen LogP contribution is 2.38. The Labute approximate surface area is 198 Å². The summed E-state index contributed by atoms with van der Waals surface area (Å²) in [5.41, 5.74) is -0.246. The van der Waals surface area contributed by atoms with Crippen molar-refractivity contribution in [3.63, 3.8) is 0 Å². The van der Waals surface area contributed by atoms with Crippen LogP contribution in [-0.2, 0) is 6.18 Å². The molecule has 0 atom stereocenters. The third-order valence-electron chi connectivity index (χ3n) is 5.35. The number of halogens is 3. The van der Waals surface area contributed by atoms with Crippen LogP contribution in [0.1, 0.15) is 17.0 Å². The number of nitrogens with zero attached hydrogens (tertiary/aromatic N) is 2. The molecule has 0 N–H and O–H groups in total. The second-order valence-electron chi connectivity index (χ2n) is 7.47. The summed E-state index contributed by atoms with van der Waals surface area (Å²) in [5.74, 6) is 1.42. The summed E-state index contributed by atoms with van der Waals surface area (Å²) in [4.78, 5) is 17.9. The monoisotopic (exact) mass is 482 g/mol. The van der Waals surface area contributed by atoms with Crippen LogP contribution >= 0.6 is 0 Å². The number of fused-ring (bicyclic) bond motifs is 1. The van der Waals surface area contributed by atoms with E-state index >= 15 is 0 Å². The zero-order valence-electron chi connectivity index (χ0n) is 19.1. The summed E-state index contributed by atoms with van der Waals surface area (Å²) in [6.07, 6.45) is -1.35. The molecule has 9 heteroatoms. The molecule has 0 bridgehead atoms. The van der Waals surface area contributed by atoms with Crippen LogP contribution in [0.3, 0.4) is 0 Å². The van der Waals surface area contributed by atoms with Gasteiger partial charge < -0.3 is 14.2 Å². The molecule has 0 radical (unpaired) electrons. The Morgan fingerprint density at radius 1 is 0.857 bits per heavy atom. The van der Waals surface area contributed by atoms with Crippen LogP contribution in [0.15, 0.2) is 65.5 Å². The molecule has 3 aromatic carbocycles. The molecule has 0 saturated carbocycles. The van der Waals surface area contributed by atoms with Crippen LogP contribution in [0.25, 0.3) is 28.7 Å². The van der Waals surface area contributed by atoms with Crippen LogP contribution in [-0.4, -0.2) is 30.9 Å². The van der Waals surface area contributed by atoms with Gasteiger partial charge in [0.05, 0.1) is 43.5 Å². The summed E-state index contributed by atoms with van der Waals surface area (Å²) in [6.45, 7) is 0. The maximum atomic E-state index is 13.4. The molecule has 4 rings (SSSR count). The quantitative estimate of drug-likeness (QED) is 0.358. The van der Waals surface area contributed by atoms with Gasteiger partial charge in [0.15, 0.2) is 11.5 Å². The summed E-state index contributed by atoms with van der Waals surface area (Å²) >= 11 is 0. The van der Waals surface area contributed by atoms with Crippen LogP contribution < -0.4 is 19.8 Å². The largest absolute Gasteiger partial charge is 0.493 e. The second kappa shape index (κ2) is 9.54. The summed E-state index contributed by atoms with van der Waals surface area (Å²) in [6, 6.07) is 14.6. The molecule has 35 heavy (non-hydrogen) atoms. The average Bonchev–Trinajstić information content (AvgIpc) is 2.86. The molecular formula is C26H21F3N2O4. The van der Waals surface area contributed by atoms with Crippen molar-refractivity contribution in [3.8, 4) is 22.9 Å². The fraction of sp³-hybridized carbons (Fsp3) is 0.154. The number of ether oxygens (including phenoxy) is 3. The molecule has 0 aliphatic rings. The van der Waals surface area contributed by atoms with Crippen LogP contribution in [0.4, 0.5) is 13.2 Å². The Morgan fingerprint density at radius 3 is 2.17 bits per heavy atom. The summed E-state index contributed by atoms with van der Waals surface area (Å²) in [5, 5.41) is 0.287. The van der Waals surface area contributed by atoms with Gasteiger partial charge in [-0.25, -0.2) is 4.98 Å². The minimum Gasteiger partial charge on any atom is -0.493 e. The number of alkyl halides is 3. The standard InChI is InChI=1S/C26H21F3N2O4/c1-33-21-13-16(14-22(34-2)24(21)35-3)11-12-23-30-20-10-5-4-9-19(20)25(32)31(23)18-8-6-7-17(15-18)26(27,28)29/h4-15H,1-3H3/b12-11-. The van der Waals surface area contributed by atoms with E-state index in [2.05, 4.69) is 4.98 Å². The molecule has 0 spiro atoms. The Kier molecular flexibility index (Phi) is 6.50. The number of hydrogen-bond acceptors (Lipinski definition) is 5. The SMILES string of the molecule is COc1cc(/C=C\c2nc3ccccc3c(=O)n2-c2cccc(C(F)(F)F)c2)cc(OC)c1OC. The Hall–Kier alpha value is -4.27. The van der Waals surface area contributed by atoms with Gasteiger partial charge in [-0.1, -0.05) is 24.3 Å². The molecular weight excluding hydrogens is 461 g/mol. The first-order valence-corrected chi connectivity index (χ1v) is 10.4. The molecule has 0 aliphatic carbocycles. The Bertz CT molecular complexity index is 1450. The number of para-hydroxylation sites is 1. The molecule has 6 nitrogen and oxygen atoms in total. The maximum Gasteiger partial charge on any atom is 0.416 e. The van der Waals surface area contributed by atoms with Gasteiger partial charge in [0.25, 0.3) is 5.56 Å². The first-order valence-electron chi connectivity index (χ1n) is 10.4. The second-order valence-corrected chi connectivity index (χ2v) is 7.47. The first-order chi connectivity index (χ1) is 16.8. The number of benzene rings is 3. The lowest BCUT2D eigenvalue weighted by Crippen LogP contribution is -2.22. The van der Waals surface area contributed by atoms with Crippen molar-refractivity contribution >= 4 is 23.1 Å². The van der Waals surface area contributed by atoms with Crippen molar-refractivity contribution in [2.75, 3.05) is 21.3 Å². The van der Waals surface area contributed by atoms with Gasteiger partial charge in [-0.3, -0.25) is 9.36 Å². The van der Waals surface area contributed by atoms with E-state index in [0.29, 0.717) is 28.3 Å². The van der Waals surface area contributed by atoms with Crippen LogP contribution in [0.2, 0.25) is 0 Å². The Morgan fingerprint density at radius 2 is 1.54 bits per heavy atom. The third kappa shape index (κ3) is 4.70. The van der Waals surface area contributed by atoms with E-state index in [1.54, 1.807) is 48.6 Å². The minimum absolute atomic E-state index is 0.0487. The summed E-state index contributed by atoms with van der Waals surface area (Å²) in [7, 11) is 4.46. The van der Waals surface area contributed by atoms with Gasteiger partial charge >= 0.3 is 6.18 Å². The first kappa shape index (κ1) is 23.9. The maximum absolute atomic E-state index is 13.4. The van der Waals surface area contributed by atoms with Crippen molar-refractivity contribution in [1.29, 1.82) is 0 Å². The van der Waals surface area contributed by atoms with E-state index in [4.69, 9.17) is 14.2 Å². The molecule has 0 amide bonds. The lowest BCUT2D eigenvalue weighted by molar-refractivity contribution is -0.137. The molecule has 4 aromatic rings. The van der Waals surface area contributed by atoms with Gasteiger partial charge in [0.1, 0.15) is 5.82 Å². The summed E-state index contributed by atoms with van der Waals surface area (Å²) < 4.78 is 57.3. The van der Waals surface area contributed by atoms with Crippen molar-refractivity contribution in [3.05, 3.63) is 88.0 Å². The highest BCUT2D eigenvalue weighted by molar-refractivity contribution is 5.80. The highest BCUT2D eigenvalue weighted by Gasteiger charge is 2.30. The lowest BCUT2D eigenvalue weighted by Gasteiger charge is -2.14. The number of rotatable bonds is 6. The Balaban J connectivity index is 1.92. The van der Waals surface area contributed by atoms with Gasteiger partial charge in [0.2, 0.25) is 5.75 Å². The minimum atomic E-state index is -4.56. The van der Waals surface area contributed by atoms with E-state index in [9.17, 15) is 18.0 Å². The smallest absolute Gasteiger partial charge is 0.416 e. The van der Waals surface area contributed by atoms with Gasteiger partial charge in [0, 0.05) is 0 Å². The zero-order valence-corrected chi connectivity index (χ0v) is 19.1. The van der Waals surface area contributed by atoms with Crippen molar-refractivity contribution < 1.29 is 27.4 Å². The zero-order chi connectivity index (χ0) is 25.2. The van der Waals surface area contributed by atoms with Gasteiger partial charge in [-0.15, -0.1) is 0 Å². The van der Waals surface area contributed by atoms with Crippen LogP contribution in [0, 0.1) is 0 Å². The normalized spacial score (nSPS) is 11.7. The van der Waals surface area contributed by atoms with E-state index < -0.39 is 17.3 Å². The number of aromatic nitrogens is 2. The predicted molar refractivity (Wildman–Crippen MR) is 127 cm³/mol. The van der Waals surface area contributed by atoms with E-state index in [-0.39, 0.29) is 16.9 Å². The fourth-order valence-corrected chi connectivity index (χ4v) is 3.70. The van der Waals surface area contributed by atoms with Crippen molar-refractivity contribution in [1.82, 2.24) is 9.55 Å². The highest BCUT2D eigenvalue weighted by atomic mass is 19.4. The molecule has 1 aromatic heterocycles. The fourth-order valence-electron chi connectivity index (χ4n) is 3.70. The third-order valence-corrected chi connectivity index (χ3v) is 5.35. The lowest BCUT2D eigenvalue weighted by atomic mass is 10.1. The van der Waals surface area contributed by atoms with Gasteiger partial charge in [-0.2, -0.15) is 13.2 Å². The average molecular weight is 482 g/mol. The molecule has 0 aliphatic heterocycles. The molecule has 0 fully saturated rings. The molecule has 1 heterocycles. The number of methoxy groups -OCH3 is 3. The van der Waals surface area contributed by atoms with Crippen molar-refractivity contribution in [2.24, 2.45) is 0 Å². The van der Waals surface area contributed by atoms with Crippen LogP contribution in [0.5, 0.6) is 17.2 Å². The topological polar surface area (TPSA) is 62.6 Å². The predicted octanol–water partition coefficient (Wildman–Crippen LogP) is 5.60. The van der Waals surface area contributed by atoms with E-state index in [0.717, 1.165) is 16.7 Å². The molecule has 0 saturated heterocycles. The van der Waals surface area contributed by atoms with E-state index in [1.165, 1.54) is 33.5 Å². The van der Waals surface area contributed by atoms with Gasteiger partial charge in [-0.05, 0) is 54.1 Å².